The molecule has 0 fully saturated rings. The van der Waals surface area contributed by atoms with Crippen LogP contribution in [0.2, 0.25) is 0 Å². The van der Waals surface area contributed by atoms with Crippen LogP contribution >= 0.6 is 0 Å². The van der Waals surface area contributed by atoms with Crippen molar-refractivity contribution in [3.05, 3.63) is 0 Å². The summed E-state index contributed by atoms with van der Waals surface area (Å²) in [5.74, 6) is 3.34. The van der Waals surface area contributed by atoms with Gasteiger partial charge in [0.2, 0.25) is 0 Å². The molecule has 0 saturated carbocycles. The second-order valence-electron chi connectivity index (χ2n) is 2.99. The van der Waals surface area contributed by atoms with Crippen LogP contribution in [0.3, 0.4) is 0 Å². The molecule has 14 heavy (non-hydrogen) atoms. The van der Waals surface area contributed by atoms with Gasteiger partial charge in [-0.3, -0.25) is 15.0 Å². The highest BCUT2D eigenvalue weighted by atomic mass is 16.4. The van der Waals surface area contributed by atoms with E-state index in [1.807, 2.05) is 5.43 Å². The number of hydrogen-bond acceptors (Lipinski definition) is 5. The van der Waals surface area contributed by atoms with Crippen molar-refractivity contribution in [2.45, 2.75) is 31.3 Å². The van der Waals surface area contributed by atoms with Gasteiger partial charge in [0.05, 0.1) is 6.04 Å². The smallest absolute Gasteiger partial charge is 0.320 e. The number of aliphatic carboxylic acids is 1. The van der Waals surface area contributed by atoms with E-state index in [9.17, 15) is 9.59 Å². The third kappa shape index (κ3) is 4.75. The van der Waals surface area contributed by atoms with Crippen LogP contribution < -0.4 is 22.7 Å². The molecule has 7 nitrogen and oxygen atoms in total. The topological polar surface area (TPSA) is 144 Å². The molecule has 0 spiro atoms. The molecule has 0 aromatic carbocycles. The number of hydrazine groups is 1. The van der Waals surface area contributed by atoms with Gasteiger partial charge in [0.1, 0.15) is 6.04 Å². The second-order valence-corrected chi connectivity index (χ2v) is 2.99. The maximum Gasteiger partial charge on any atom is 0.320 e. The minimum absolute atomic E-state index is 0.293. The summed E-state index contributed by atoms with van der Waals surface area (Å²) in [5, 5.41) is 8.45. The molecule has 0 heterocycles. The monoisotopic (exact) mass is 204 g/mol. The normalized spacial score (nSPS) is 14.5. The molecule has 0 aromatic heterocycles. The summed E-state index contributed by atoms with van der Waals surface area (Å²) in [4.78, 5) is 21.1. The van der Waals surface area contributed by atoms with Crippen molar-refractivity contribution in [2.75, 3.05) is 0 Å². The summed E-state index contributed by atoms with van der Waals surface area (Å²) < 4.78 is 0. The lowest BCUT2D eigenvalue weighted by Gasteiger charge is -2.10. The Morgan fingerprint density at radius 2 is 1.71 bits per heavy atom. The van der Waals surface area contributed by atoms with Gasteiger partial charge in [-0.15, -0.1) is 0 Å². The Kier molecular flexibility index (Phi) is 5.77. The average Bonchev–Trinajstić information content (AvgIpc) is 2.15. The Morgan fingerprint density at radius 1 is 1.21 bits per heavy atom. The van der Waals surface area contributed by atoms with Crippen molar-refractivity contribution < 1.29 is 14.7 Å². The Labute approximate surface area is 81.6 Å². The Balaban J connectivity index is 3.64. The molecule has 8 N–H and O–H groups in total. The van der Waals surface area contributed by atoms with Crippen LogP contribution in [0.4, 0.5) is 0 Å². The summed E-state index contributed by atoms with van der Waals surface area (Å²) in [6.45, 7) is 0. The molecule has 0 bridgehead atoms. The van der Waals surface area contributed by atoms with Gasteiger partial charge in [0.15, 0.2) is 0 Å². The van der Waals surface area contributed by atoms with E-state index in [0.717, 1.165) is 0 Å². The van der Waals surface area contributed by atoms with Crippen LogP contribution in [0.5, 0.6) is 0 Å². The van der Waals surface area contributed by atoms with E-state index in [4.69, 9.17) is 22.4 Å². The molecule has 0 radical (unpaired) electrons. The maximum atomic E-state index is 10.8. The van der Waals surface area contributed by atoms with Gasteiger partial charge in [-0.2, -0.15) is 0 Å². The van der Waals surface area contributed by atoms with Gasteiger partial charge in [-0.1, -0.05) is 0 Å². The zero-order valence-corrected chi connectivity index (χ0v) is 7.77. The highest BCUT2D eigenvalue weighted by Gasteiger charge is 2.14. The van der Waals surface area contributed by atoms with Crippen LogP contribution in [0.15, 0.2) is 0 Å². The molecular weight excluding hydrogens is 188 g/mol. The van der Waals surface area contributed by atoms with Gasteiger partial charge in [0.25, 0.3) is 5.91 Å². The van der Waals surface area contributed by atoms with E-state index in [-0.39, 0.29) is 0 Å². The molecule has 1 amide bonds. The van der Waals surface area contributed by atoms with Crippen molar-refractivity contribution in [2.24, 2.45) is 17.3 Å². The highest BCUT2D eigenvalue weighted by Crippen LogP contribution is 2.01. The molecule has 0 aromatic rings. The summed E-state index contributed by atoms with van der Waals surface area (Å²) in [6, 6.07) is -1.61. The van der Waals surface area contributed by atoms with Crippen LogP contribution in [-0.2, 0) is 9.59 Å². The molecule has 2 atom stereocenters. The Hall–Kier alpha value is -1.18. The van der Waals surface area contributed by atoms with E-state index < -0.39 is 24.0 Å². The van der Waals surface area contributed by atoms with Crippen molar-refractivity contribution in [1.82, 2.24) is 5.43 Å². The first-order valence-electron chi connectivity index (χ1n) is 4.23. The predicted octanol–water partition coefficient (Wildman–Crippen LogP) is -2.11. The first kappa shape index (κ1) is 12.8. The first-order chi connectivity index (χ1) is 6.49. The zero-order valence-electron chi connectivity index (χ0n) is 7.77. The Bertz CT molecular complexity index is 209. The van der Waals surface area contributed by atoms with E-state index in [1.54, 1.807) is 0 Å². The largest absolute Gasteiger partial charge is 0.480 e. The summed E-state index contributed by atoms with van der Waals surface area (Å²) in [6.07, 6.45) is 1.13. The highest BCUT2D eigenvalue weighted by molar-refractivity contribution is 5.80. The molecule has 7 heteroatoms. The molecule has 0 rings (SSSR count). The minimum Gasteiger partial charge on any atom is -0.480 e. The summed E-state index contributed by atoms with van der Waals surface area (Å²) in [5.41, 5.74) is 12.6. The number of nitrogens with two attached hydrogens (primary N) is 3. The van der Waals surface area contributed by atoms with Crippen molar-refractivity contribution in [3.63, 3.8) is 0 Å². The molecular formula is C7H16N4O3. The van der Waals surface area contributed by atoms with E-state index in [2.05, 4.69) is 0 Å². The van der Waals surface area contributed by atoms with E-state index in [1.165, 1.54) is 0 Å². The third-order valence-electron chi connectivity index (χ3n) is 1.83. The minimum atomic E-state index is -1.05. The van der Waals surface area contributed by atoms with Gasteiger partial charge in [-0.05, 0) is 19.3 Å². The van der Waals surface area contributed by atoms with Crippen molar-refractivity contribution >= 4 is 11.9 Å². The summed E-state index contributed by atoms with van der Waals surface area (Å²) in [7, 11) is 0. The fourth-order valence-corrected chi connectivity index (χ4v) is 0.919. The fraction of sp³-hybridized carbons (Fsp3) is 0.714. The van der Waals surface area contributed by atoms with E-state index in [0.29, 0.717) is 19.3 Å². The fourth-order valence-electron chi connectivity index (χ4n) is 0.919. The van der Waals surface area contributed by atoms with Gasteiger partial charge in [-0.25, -0.2) is 5.84 Å². The number of carbonyl (C=O) groups is 2. The second kappa shape index (κ2) is 6.30. The lowest BCUT2D eigenvalue weighted by molar-refractivity contribution is -0.138. The molecule has 0 aliphatic carbocycles. The SMILES string of the molecule is NNC(=O)C(N)CCC[C@H](N)C(=O)O. The molecule has 82 valence electrons. The van der Waals surface area contributed by atoms with Gasteiger partial charge < -0.3 is 16.6 Å². The third-order valence-corrected chi connectivity index (χ3v) is 1.83. The quantitative estimate of drug-likeness (QED) is 0.190. The molecule has 0 aliphatic heterocycles. The number of carboxylic acid groups (broad SMARTS) is 1. The lowest BCUT2D eigenvalue weighted by Crippen LogP contribution is -2.44. The number of carboxylic acids is 1. The predicted molar refractivity (Wildman–Crippen MR) is 49.8 cm³/mol. The Morgan fingerprint density at radius 3 is 2.14 bits per heavy atom. The van der Waals surface area contributed by atoms with Crippen molar-refractivity contribution in [3.8, 4) is 0 Å². The standard InChI is InChI=1S/C7H16N4O3/c8-4(6(12)11-10)2-1-3-5(9)7(13)14/h4-5H,1-3,8-10H2,(H,11,12)(H,13,14)/t4?,5-/m0/s1. The molecule has 1 unspecified atom stereocenters. The van der Waals surface area contributed by atoms with Crippen LogP contribution in [0.25, 0.3) is 0 Å². The van der Waals surface area contributed by atoms with Crippen LogP contribution in [0, 0.1) is 0 Å². The number of rotatable bonds is 6. The number of amides is 1. The van der Waals surface area contributed by atoms with Gasteiger partial charge >= 0.3 is 5.97 Å². The van der Waals surface area contributed by atoms with Crippen molar-refractivity contribution in [1.29, 1.82) is 0 Å². The number of nitrogens with one attached hydrogen (secondary N) is 1. The number of carbonyl (C=O) groups excluding carboxylic acids is 1. The van der Waals surface area contributed by atoms with E-state index >= 15 is 0 Å². The van der Waals surface area contributed by atoms with Crippen LogP contribution in [-0.4, -0.2) is 29.1 Å². The molecule has 0 saturated heterocycles. The average molecular weight is 204 g/mol. The van der Waals surface area contributed by atoms with Crippen LogP contribution in [0.1, 0.15) is 19.3 Å². The summed E-state index contributed by atoms with van der Waals surface area (Å²) >= 11 is 0. The zero-order chi connectivity index (χ0) is 11.1. The molecule has 0 aliphatic rings. The van der Waals surface area contributed by atoms with Gasteiger partial charge in [0, 0.05) is 0 Å². The first-order valence-corrected chi connectivity index (χ1v) is 4.23. The maximum absolute atomic E-state index is 10.8. The lowest BCUT2D eigenvalue weighted by atomic mass is 10.1. The number of hydrogen-bond donors (Lipinski definition) is 5.